The van der Waals surface area contributed by atoms with Gasteiger partial charge in [-0.1, -0.05) is 76.3 Å². The maximum atomic E-state index is 2.49. The summed E-state index contributed by atoms with van der Waals surface area (Å²) in [5, 5.41) is 0. The van der Waals surface area contributed by atoms with Crippen LogP contribution < -0.4 is 0 Å². The lowest BCUT2D eigenvalue weighted by molar-refractivity contribution is 0.396. The maximum absolute atomic E-state index is 2.49. The number of hydrogen-bond donors (Lipinski definition) is 0. The van der Waals surface area contributed by atoms with Crippen LogP contribution in [0.5, 0.6) is 0 Å². The van der Waals surface area contributed by atoms with E-state index in [1.165, 1.54) is 36.0 Å². The fourth-order valence-corrected chi connectivity index (χ4v) is 4.25. The van der Waals surface area contributed by atoms with Crippen LogP contribution in [0.4, 0.5) is 0 Å². The standard InChI is InChI=1S/C19H20.C2H6/c1-18(2)11-12-19(13-18)16-9-5-3-7-14(16)15-8-4-6-10-17(15)19;1-2/h3-5,7-9,11-12H,6,10,13H2,1-2H3;1-2H3. The molecule has 3 aliphatic rings. The monoisotopic (exact) mass is 278 g/mol. The van der Waals surface area contributed by atoms with E-state index in [-0.39, 0.29) is 5.41 Å². The van der Waals surface area contributed by atoms with Gasteiger partial charge in [-0.25, -0.2) is 0 Å². The highest BCUT2D eigenvalue weighted by Crippen LogP contribution is 2.58. The molecule has 1 atom stereocenters. The van der Waals surface area contributed by atoms with Gasteiger partial charge in [-0.05, 0) is 47.0 Å². The Morgan fingerprint density at radius 3 is 2.48 bits per heavy atom. The number of benzene rings is 1. The molecule has 1 spiro atoms. The minimum absolute atomic E-state index is 0.195. The predicted molar refractivity (Wildman–Crippen MR) is 92.3 cm³/mol. The average molecular weight is 278 g/mol. The van der Waals surface area contributed by atoms with Crippen LogP contribution in [0.25, 0.3) is 5.57 Å². The second-order valence-corrected chi connectivity index (χ2v) is 6.85. The van der Waals surface area contributed by atoms with Crippen LogP contribution in [0, 0.1) is 5.41 Å². The Labute approximate surface area is 129 Å². The third kappa shape index (κ3) is 2.04. The normalized spacial score (nSPS) is 27.4. The Balaban J connectivity index is 0.000000636. The summed E-state index contributed by atoms with van der Waals surface area (Å²) in [6, 6.07) is 9.01. The molecular weight excluding hydrogens is 252 g/mol. The summed E-state index contributed by atoms with van der Waals surface area (Å²) in [6.45, 7) is 8.72. The first-order chi connectivity index (χ1) is 10.1. The first kappa shape index (κ1) is 14.4. The van der Waals surface area contributed by atoms with Gasteiger partial charge >= 0.3 is 0 Å². The molecule has 0 heterocycles. The zero-order chi connectivity index (χ0) is 15.1. The largest absolute Gasteiger partial charge is 0.0836 e. The first-order valence-electron chi connectivity index (χ1n) is 8.33. The van der Waals surface area contributed by atoms with Crippen molar-refractivity contribution in [1.82, 2.24) is 0 Å². The van der Waals surface area contributed by atoms with Crippen LogP contribution in [-0.4, -0.2) is 0 Å². The molecule has 0 bridgehead atoms. The maximum Gasteiger partial charge on any atom is 0.0364 e. The molecule has 110 valence electrons. The Hall–Kier alpha value is -1.56. The van der Waals surface area contributed by atoms with E-state index in [9.17, 15) is 0 Å². The van der Waals surface area contributed by atoms with Gasteiger partial charge in [0.2, 0.25) is 0 Å². The van der Waals surface area contributed by atoms with Crippen molar-refractivity contribution < 1.29 is 0 Å². The summed E-state index contributed by atoms with van der Waals surface area (Å²) in [5.41, 5.74) is 6.68. The summed E-state index contributed by atoms with van der Waals surface area (Å²) < 4.78 is 0. The lowest BCUT2D eigenvalue weighted by Gasteiger charge is -2.32. The summed E-state index contributed by atoms with van der Waals surface area (Å²) in [7, 11) is 0. The van der Waals surface area contributed by atoms with Crippen LogP contribution in [0.15, 0.2) is 54.1 Å². The smallest absolute Gasteiger partial charge is 0.0364 e. The van der Waals surface area contributed by atoms with E-state index < -0.39 is 0 Å². The van der Waals surface area contributed by atoms with Crippen LogP contribution in [0.2, 0.25) is 0 Å². The van der Waals surface area contributed by atoms with Gasteiger partial charge in [0.15, 0.2) is 0 Å². The second-order valence-electron chi connectivity index (χ2n) is 6.85. The lowest BCUT2D eigenvalue weighted by atomic mass is 9.71. The van der Waals surface area contributed by atoms with Crippen LogP contribution in [0.1, 0.15) is 58.1 Å². The van der Waals surface area contributed by atoms with Crippen molar-refractivity contribution >= 4 is 5.57 Å². The first-order valence-corrected chi connectivity index (χ1v) is 8.33. The minimum atomic E-state index is 0.195. The zero-order valence-corrected chi connectivity index (χ0v) is 13.7. The molecule has 4 rings (SSSR count). The van der Waals surface area contributed by atoms with Crippen LogP contribution >= 0.6 is 0 Å². The van der Waals surface area contributed by atoms with E-state index in [1.54, 1.807) is 5.57 Å². The van der Waals surface area contributed by atoms with Gasteiger partial charge in [-0.15, -0.1) is 0 Å². The molecule has 0 saturated carbocycles. The van der Waals surface area contributed by atoms with Gasteiger partial charge in [0, 0.05) is 5.41 Å². The van der Waals surface area contributed by atoms with Crippen molar-refractivity contribution in [2.45, 2.75) is 52.4 Å². The Bertz CT molecular complexity index is 640. The molecule has 0 amide bonds. The average Bonchev–Trinajstić information content (AvgIpc) is 2.99. The SMILES string of the molecule is CC.CC1(C)C=CC2(C1)C1=C(C=CCC1)c1ccccc12. The molecule has 1 aromatic carbocycles. The molecular formula is C21H26. The Morgan fingerprint density at radius 1 is 1.00 bits per heavy atom. The summed E-state index contributed by atoms with van der Waals surface area (Å²) in [5.74, 6) is 0. The molecule has 0 aliphatic heterocycles. The molecule has 0 saturated heterocycles. The quantitative estimate of drug-likeness (QED) is 0.506. The van der Waals surface area contributed by atoms with Crippen molar-refractivity contribution in [1.29, 1.82) is 0 Å². The molecule has 0 aromatic heterocycles. The van der Waals surface area contributed by atoms with E-state index in [4.69, 9.17) is 0 Å². The van der Waals surface area contributed by atoms with Gasteiger partial charge in [0.05, 0.1) is 0 Å². The highest BCUT2D eigenvalue weighted by molar-refractivity contribution is 5.88. The van der Waals surface area contributed by atoms with Crippen molar-refractivity contribution in [3.8, 4) is 0 Å². The van der Waals surface area contributed by atoms with Gasteiger partial charge < -0.3 is 0 Å². The molecule has 21 heavy (non-hydrogen) atoms. The third-order valence-corrected chi connectivity index (χ3v) is 4.96. The van der Waals surface area contributed by atoms with E-state index in [2.05, 4.69) is 62.4 Å². The molecule has 1 aromatic rings. The molecule has 0 nitrogen and oxygen atoms in total. The molecule has 0 radical (unpaired) electrons. The summed E-state index contributed by atoms with van der Waals surface area (Å²) in [6.07, 6.45) is 13.3. The van der Waals surface area contributed by atoms with Gasteiger partial charge in [-0.3, -0.25) is 0 Å². The van der Waals surface area contributed by atoms with Gasteiger partial charge in [-0.2, -0.15) is 0 Å². The number of hydrogen-bond acceptors (Lipinski definition) is 0. The second kappa shape index (κ2) is 5.02. The summed E-state index contributed by atoms with van der Waals surface area (Å²) in [4.78, 5) is 0. The van der Waals surface area contributed by atoms with E-state index in [0.29, 0.717) is 5.41 Å². The highest BCUT2D eigenvalue weighted by atomic mass is 14.5. The number of allylic oxidation sites excluding steroid dienone is 6. The van der Waals surface area contributed by atoms with E-state index in [1.807, 2.05) is 13.8 Å². The lowest BCUT2D eigenvalue weighted by Crippen LogP contribution is -2.25. The van der Waals surface area contributed by atoms with E-state index >= 15 is 0 Å². The molecule has 0 N–H and O–H groups in total. The zero-order valence-electron chi connectivity index (χ0n) is 13.7. The van der Waals surface area contributed by atoms with Crippen molar-refractivity contribution in [3.05, 3.63) is 65.3 Å². The van der Waals surface area contributed by atoms with E-state index in [0.717, 1.165) is 0 Å². The topological polar surface area (TPSA) is 0 Å². The summed E-state index contributed by atoms with van der Waals surface area (Å²) >= 11 is 0. The molecule has 0 fully saturated rings. The van der Waals surface area contributed by atoms with Crippen LogP contribution in [-0.2, 0) is 5.41 Å². The van der Waals surface area contributed by atoms with Crippen molar-refractivity contribution in [3.63, 3.8) is 0 Å². The minimum Gasteiger partial charge on any atom is -0.0836 e. The van der Waals surface area contributed by atoms with Crippen LogP contribution in [0.3, 0.4) is 0 Å². The number of rotatable bonds is 0. The van der Waals surface area contributed by atoms with Crippen molar-refractivity contribution in [2.75, 3.05) is 0 Å². The predicted octanol–water partition coefficient (Wildman–Crippen LogP) is 6.05. The number of fused-ring (bicyclic) bond motifs is 4. The fraction of sp³-hybridized carbons (Fsp3) is 0.429. The van der Waals surface area contributed by atoms with Gasteiger partial charge in [0.1, 0.15) is 0 Å². The molecule has 0 heteroatoms. The highest BCUT2D eigenvalue weighted by Gasteiger charge is 2.48. The molecule has 3 aliphatic carbocycles. The Kier molecular flexibility index (Phi) is 3.43. The fourth-order valence-electron chi connectivity index (χ4n) is 4.25. The Morgan fingerprint density at radius 2 is 1.76 bits per heavy atom. The van der Waals surface area contributed by atoms with Crippen molar-refractivity contribution in [2.24, 2.45) is 5.41 Å². The third-order valence-electron chi connectivity index (χ3n) is 4.96. The molecule has 1 unspecified atom stereocenters. The van der Waals surface area contributed by atoms with Gasteiger partial charge in [0.25, 0.3) is 0 Å².